The molecule has 0 spiro atoms. The average molecular weight is 446 g/mol. The van der Waals surface area contributed by atoms with Gasteiger partial charge in [-0.3, -0.25) is 4.79 Å². The zero-order valence-electron chi connectivity index (χ0n) is 18.4. The third-order valence-corrected chi connectivity index (χ3v) is 5.49. The molecule has 1 amide bonds. The van der Waals surface area contributed by atoms with Gasteiger partial charge in [0.2, 0.25) is 17.7 Å². The predicted octanol–water partition coefficient (Wildman–Crippen LogP) is 3.00. The molecule has 1 aliphatic heterocycles. The summed E-state index contributed by atoms with van der Waals surface area (Å²) in [5.74, 6) is 1.75. The van der Waals surface area contributed by atoms with E-state index < -0.39 is 0 Å². The first-order valence-electron chi connectivity index (χ1n) is 10.6. The number of aryl methyl sites for hydroxylation is 1. The van der Waals surface area contributed by atoms with Crippen LogP contribution < -0.4 is 5.32 Å². The SMILES string of the molecule is Cc1noc([C@H](C)Nc2nccc(-c3cccc(-c4cc([C@@H]5CCN(C)C5=O)on4)n3)n2)n1. The first-order valence-corrected chi connectivity index (χ1v) is 10.6. The van der Waals surface area contributed by atoms with Crippen molar-refractivity contribution in [1.29, 1.82) is 0 Å². The first-order chi connectivity index (χ1) is 16.0. The standard InChI is InChI=1S/C22H22N8O3/c1-12(20-25-13(2)28-33-20)24-22-23-9-7-17(27-22)15-5-4-6-16(26-15)18-11-19(32-29-18)14-8-10-30(3)21(14)31/h4-7,9,11-12,14H,8,10H2,1-3H3,(H,23,24,27)/t12-,14-/m0/s1. The second-order valence-corrected chi connectivity index (χ2v) is 7.93. The summed E-state index contributed by atoms with van der Waals surface area (Å²) in [5, 5.41) is 11.1. The summed E-state index contributed by atoms with van der Waals surface area (Å²) in [6, 6.07) is 8.88. The second kappa shape index (κ2) is 8.41. The lowest BCUT2D eigenvalue weighted by atomic mass is 10.0. The molecule has 168 valence electrons. The number of likely N-dealkylation sites (tertiary alicyclic amines) is 1. The van der Waals surface area contributed by atoms with Gasteiger partial charge >= 0.3 is 0 Å². The lowest BCUT2D eigenvalue weighted by Gasteiger charge is -2.10. The van der Waals surface area contributed by atoms with E-state index in [1.165, 1.54) is 0 Å². The number of pyridine rings is 1. The molecule has 1 N–H and O–H groups in total. The van der Waals surface area contributed by atoms with Crippen LogP contribution in [0.25, 0.3) is 22.8 Å². The highest BCUT2D eigenvalue weighted by Crippen LogP contribution is 2.30. The maximum absolute atomic E-state index is 12.3. The number of anilines is 1. The fraction of sp³-hybridized carbons (Fsp3) is 0.318. The molecule has 1 fully saturated rings. The number of carbonyl (C=O) groups is 1. The molecule has 0 unspecified atom stereocenters. The number of rotatable bonds is 6. The Labute approximate surface area is 189 Å². The van der Waals surface area contributed by atoms with E-state index in [2.05, 4.69) is 30.6 Å². The Balaban J connectivity index is 1.36. The Morgan fingerprint density at radius 1 is 1.06 bits per heavy atom. The highest BCUT2D eigenvalue weighted by Gasteiger charge is 2.33. The number of hydrogen-bond donors (Lipinski definition) is 1. The van der Waals surface area contributed by atoms with E-state index in [0.29, 0.717) is 52.7 Å². The molecule has 0 saturated carbocycles. The molecule has 0 aliphatic carbocycles. The van der Waals surface area contributed by atoms with Crippen molar-refractivity contribution in [3.8, 4) is 22.8 Å². The lowest BCUT2D eigenvalue weighted by Crippen LogP contribution is -2.21. The van der Waals surface area contributed by atoms with Crippen molar-refractivity contribution in [2.75, 3.05) is 18.9 Å². The highest BCUT2D eigenvalue weighted by atomic mass is 16.5. The number of amides is 1. The third-order valence-electron chi connectivity index (χ3n) is 5.49. The molecule has 5 heterocycles. The van der Waals surface area contributed by atoms with Crippen LogP contribution >= 0.6 is 0 Å². The number of aromatic nitrogens is 6. The summed E-state index contributed by atoms with van der Waals surface area (Å²) < 4.78 is 10.7. The number of likely N-dealkylation sites (N-methyl/N-ethyl adjacent to an activating group) is 1. The van der Waals surface area contributed by atoms with E-state index in [-0.39, 0.29) is 17.9 Å². The molecule has 4 aromatic rings. The van der Waals surface area contributed by atoms with E-state index in [9.17, 15) is 4.79 Å². The maximum atomic E-state index is 12.3. The molecule has 11 heteroatoms. The van der Waals surface area contributed by atoms with Gasteiger partial charge < -0.3 is 19.3 Å². The average Bonchev–Trinajstić information content (AvgIpc) is 3.55. The van der Waals surface area contributed by atoms with Crippen LogP contribution in [0.2, 0.25) is 0 Å². The minimum Gasteiger partial charge on any atom is -0.360 e. The van der Waals surface area contributed by atoms with Crippen molar-refractivity contribution >= 4 is 11.9 Å². The van der Waals surface area contributed by atoms with Crippen molar-refractivity contribution < 1.29 is 13.8 Å². The molecule has 0 bridgehead atoms. The van der Waals surface area contributed by atoms with Gasteiger partial charge in [-0.05, 0) is 38.5 Å². The van der Waals surface area contributed by atoms with Crippen LogP contribution in [0.3, 0.4) is 0 Å². The van der Waals surface area contributed by atoms with E-state index in [1.54, 1.807) is 37.2 Å². The molecule has 4 aromatic heterocycles. The number of nitrogens with zero attached hydrogens (tertiary/aromatic N) is 7. The molecule has 5 rings (SSSR count). The Hall–Kier alpha value is -4.15. The molecule has 1 aliphatic rings. The van der Waals surface area contributed by atoms with Crippen molar-refractivity contribution in [2.45, 2.75) is 32.2 Å². The largest absolute Gasteiger partial charge is 0.360 e. The fourth-order valence-corrected chi connectivity index (χ4v) is 3.70. The van der Waals surface area contributed by atoms with E-state index in [1.807, 2.05) is 25.1 Å². The van der Waals surface area contributed by atoms with Gasteiger partial charge in [-0.1, -0.05) is 16.4 Å². The Kier molecular flexibility index (Phi) is 5.29. The van der Waals surface area contributed by atoms with E-state index in [4.69, 9.17) is 14.0 Å². The second-order valence-electron chi connectivity index (χ2n) is 7.93. The summed E-state index contributed by atoms with van der Waals surface area (Å²) in [6.07, 6.45) is 2.37. The molecule has 0 aromatic carbocycles. The number of nitrogens with one attached hydrogen (secondary N) is 1. The molecule has 1 saturated heterocycles. The fourth-order valence-electron chi connectivity index (χ4n) is 3.70. The van der Waals surface area contributed by atoms with E-state index >= 15 is 0 Å². The Bertz CT molecular complexity index is 1300. The van der Waals surface area contributed by atoms with Gasteiger partial charge in [0.25, 0.3) is 0 Å². The summed E-state index contributed by atoms with van der Waals surface area (Å²) in [6.45, 7) is 4.36. The first kappa shape index (κ1) is 20.7. The van der Waals surface area contributed by atoms with Crippen LogP contribution in [0.15, 0.2) is 45.6 Å². The number of carbonyl (C=O) groups excluding carboxylic acids is 1. The Morgan fingerprint density at radius 3 is 2.58 bits per heavy atom. The summed E-state index contributed by atoms with van der Waals surface area (Å²) >= 11 is 0. The molecule has 2 atom stereocenters. The van der Waals surface area contributed by atoms with Gasteiger partial charge in [0.1, 0.15) is 23.4 Å². The van der Waals surface area contributed by atoms with Gasteiger partial charge in [-0.2, -0.15) is 4.98 Å². The summed E-state index contributed by atoms with van der Waals surface area (Å²) in [4.78, 5) is 31.7. The van der Waals surface area contributed by atoms with Gasteiger partial charge in [-0.15, -0.1) is 0 Å². The maximum Gasteiger partial charge on any atom is 0.248 e. The topological polar surface area (TPSA) is 136 Å². The molecule has 0 radical (unpaired) electrons. The van der Waals surface area contributed by atoms with Crippen LogP contribution in [0.1, 0.15) is 42.8 Å². The van der Waals surface area contributed by atoms with Crippen LogP contribution in [0.4, 0.5) is 5.95 Å². The monoisotopic (exact) mass is 446 g/mol. The van der Waals surface area contributed by atoms with Gasteiger partial charge in [0.05, 0.1) is 17.1 Å². The van der Waals surface area contributed by atoms with Crippen molar-refractivity contribution in [2.24, 2.45) is 0 Å². The third kappa shape index (κ3) is 4.16. The molecular weight excluding hydrogens is 424 g/mol. The van der Waals surface area contributed by atoms with Gasteiger partial charge in [0.15, 0.2) is 5.82 Å². The molecular formula is C22H22N8O3. The summed E-state index contributed by atoms with van der Waals surface area (Å²) in [5.41, 5.74) is 2.49. The Morgan fingerprint density at radius 2 is 1.85 bits per heavy atom. The quantitative estimate of drug-likeness (QED) is 0.470. The van der Waals surface area contributed by atoms with Crippen LogP contribution in [0, 0.1) is 6.92 Å². The van der Waals surface area contributed by atoms with Crippen LogP contribution in [-0.2, 0) is 4.79 Å². The smallest absolute Gasteiger partial charge is 0.248 e. The zero-order valence-corrected chi connectivity index (χ0v) is 18.4. The highest BCUT2D eigenvalue weighted by molar-refractivity contribution is 5.85. The van der Waals surface area contributed by atoms with Crippen molar-refractivity contribution in [3.63, 3.8) is 0 Å². The predicted molar refractivity (Wildman–Crippen MR) is 117 cm³/mol. The minimum atomic E-state index is -0.292. The molecule has 11 nitrogen and oxygen atoms in total. The van der Waals surface area contributed by atoms with Crippen LogP contribution in [0.5, 0.6) is 0 Å². The van der Waals surface area contributed by atoms with Crippen molar-refractivity contribution in [3.05, 3.63) is 54.0 Å². The van der Waals surface area contributed by atoms with Crippen LogP contribution in [-0.4, -0.2) is 54.6 Å². The van der Waals surface area contributed by atoms with Gasteiger partial charge in [0, 0.05) is 25.9 Å². The summed E-state index contributed by atoms with van der Waals surface area (Å²) in [7, 11) is 1.79. The number of hydrogen-bond acceptors (Lipinski definition) is 10. The molecule has 33 heavy (non-hydrogen) atoms. The lowest BCUT2D eigenvalue weighted by molar-refractivity contribution is -0.128. The minimum absolute atomic E-state index is 0.0466. The zero-order chi connectivity index (χ0) is 22.9. The van der Waals surface area contributed by atoms with Gasteiger partial charge in [-0.25, -0.2) is 15.0 Å². The normalized spacial score (nSPS) is 16.9. The van der Waals surface area contributed by atoms with E-state index in [0.717, 1.165) is 6.42 Å². The van der Waals surface area contributed by atoms with Crippen molar-refractivity contribution in [1.82, 2.24) is 35.1 Å².